The van der Waals surface area contributed by atoms with Gasteiger partial charge in [-0.2, -0.15) is 0 Å². The summed E-state index contributed by atoms with van der Waals surface area (Å²) >= 11 is 0. The number of hydrogen-bond acceptors (Lipinski definition) is 7. The number of rotatable bonds is 18. The molecule has 2 heterocycles. The van der Waals surface area contributed by atoms with Crippen LogP contribution >= 0.6 is 0 Å². The van der Waals surface area contributed by atoms with Gasteiger partial charge in [-0.15, -0.1) is 0 Å². The molecule has 7 nitrogen and oxygen atoms in total. The highest BCUT2D eigenvalue weighted by molar-refractivity contribution is 5.17. The molecule has 0 aromatic heterocycles. The molecule has 0 aliphatic carbocycles. The molecule has 8 atom stereocenters. The second kappa shape index (κ2) is 19.6. The molecule has 4 aromatic carbocycles. The highest BCUT2D eigenvalue weighted by atomic mass is 16.8. The lowest BCUT2D eigenvalue weighted by molar-refractivity contribution is -0.271. The average Bonchev–Trinajstić information content (AvgIpc) is 3.52. The van der Waals surface area contributed by atoms with Gasteiger partial charge in [0.15, 0.2) is 5.79 Å². The molecule has 6 rings (SSSR count). The SMILES string of the molecule is CC[C@H]1OC(C)(C)O[C@H]1[C@@H](C)C=CC[C@H]1OC(COCc2ccccc2)[C@H](OCc2ccccc2)[C@@H](OCc2ccccc2)C1OCc1ccccc1. The third-order valence-electron chi connectivity index (χ3n) is 9.93. The molecule has 53 heavy (non-hydrogen) atoms. The molecule has 0 bridgehead atoms. The molecule has 0 spiro atoms. The molecule has 0 saturated carbocycles. The van der Waals surface area contributed by atoms with Crippen molar-refractivity contribution in [2.45, 2.75) is 115 Å². The van der Waals surface area contributed by atoms with E-state index in [1.165, 1.54) is 0 Å². The van der Waals surface area contributed by atoms with Gasteiger partial charge in [-0.1, -0.05) is 147 Å². The lowest BCUT2D eigenvalue weighted by Gasteiger charge is -2.46. The lowest BCUT2D eigenvalue weighted by atomic mass is 9.91. The summed E-state index contributed by atoms with van der Waals surface area (Å²) in [5, 5.41) is 0. The Kier molecular flexibility index (Phi) is 14.4. The fourth-order valence-corrected chi connectivity index (χ4v) is 7.24. The zero-order valence-corrected chi connectivity index (χ0v) is 31.6. The fraction of sp³-hybridized carbons (Fsp3) is 0.435. The molecule has 0 N–H and O–H groups in total. The molecule has 2 fully saturated rings. The third kappa shape index (κ3) is 11.4. The summed E-state index contributed by atoms with van der Waals surface area (Å²) in [4.78, 5) is 0. The fourth-order valence-electron chi connectivity index (χ4n) is 7.24. The minimum Gasteiger partial charge on any atom is -0.374 e. The van der Waals surface area contributed by atoms with Gasteiger partial charge >= 0.3 is 0 Å². The van der Waals surface area contributed by atoms with Crippen molar-refractivity contribution < 1.29 is 33.2 Å². The van der Waals surface area contributed by atoms with E-state index in [1.54, 1.807) is 0 Å². The molecule has 2 unspecified atom stereocenters. The van der Waals surface area contributed by atoms with Crippen molar-refractivity contribution in [3.05, 3.63) is 156 Å². The van der Waals surface area contributed by atoms with Gasteiger partial charge in [0.1, 0.15) is 24.4 Å². The van der Waals surface area contributed by atoms with Gasteiger partial charge in [-0.3, -0.25) is 0 Å². The number of benzene rings is 4. The molecule has 4 aromatic rings. The zero-order chi connectivity index (χ0) is 36.9. The predicted octanol–water partition coefficient (Wildman–Crippen LogP) is 9.24. The molecule has 2 aliphatic rings. The third-order valence-corrected chi connectivity index (χ3v) is 9.93. The van der Waals surface area contributed by atoms with Gasteiger partial charge < -0.3 is 33.2 Å². The molecule has 2 saturated heterocycles. The highest BCUT2D eigenvalue weighted by Crippen LogP contribution is 2.35. The van der Waals surface area contributed by atoms with Gasteiger partial charge in [0.25, 0.3) is 0 Å². The second-order valence-corrected chi connectivity index (χ2v) is 14.6. The van der Waals surface area contributed by atoms with Crippen molar-refractivity contribution in [1.82, 2.24) is 0 Å². The van der Waals surface area contributed by atoms with Crippen LogP contribution in [0.15, 0.2) is 133 Å². The van der Waals surface area contributed by atoms with Gasteiger partial charge in [-0.05, 0) is 48.9 Å². The zero-order valence-electron chi connectivity index (χ0n) is 31.6. The first kappa shape index (κ1) is 39.0. The summed E-state index contributed by atoms with van der Waals surface area (Å²) in [7, 11) is 0. The summed E-state index contributed by atoms with van der Waals surface area (Å²) in [6.07, 6.45) is 3.87. The lowest BCUT2D eigenvalue weighted by Crippen LogP contribution is -2.61. The largest absolute Gasteiger partial charge is 0.374 e. The topological polar surface area (TPSA) is 64.6 Å². The van der Waals surface area contributed by atoms with Crippen LogP contribution in [0, 0.1) is 5.92 Å². The van der Waals surface area contributed by atoms with E-state index in [0.29, 0.717) is 39.5 Å². The minimum atomic E-state index is -0.596. The van der Waals surface area contributed by atoms with Crippen LogP contribution in [0.4, 0.5) is 0 Å². The number of ether oxygens (including phenoxy) is 7. The van der Waals surface area contributed by atoms with Crippen LogP contribution in [-0.2, 0) is 59.6 Å². The van der Waals surface area contributed by atoms with Crippen molar-refractivity contribution >= 4 is 0 Å². The maximum atomic E-state index is 7.03. The molecule has 0 radical (unpaired) electrons. The summed E-state index contributed by atoms with van der Waals surface area (Å²) < 4.78 is 46.5. The normalized spacial score (nSPS) is 26.2. The van der Waals surface area contributed by atoms with Crippen LogP contribution in [0.3, 0.4) is 0 Å². The molecular weight excluding hydrogens is 664 g/mol. The van der Waals surface area contributed by atoms with Crippen LogP contribution < -0.4 is 0 Å². The van der Waals surface area contributed by atoms with Gasteiger partial charge in [0.2, 0.25) is 0 Å². The van der Waals surface area contributed by atoms with E-state index in [2.05, 4.69) is 74.5 Å². The Morgan fingerprint density at radius 3 is 1.53 bits per heavy atom. The Hall–Kier alpha value is -3.66. The monoisotopic (exact) mass is 720 g/mol. The van der Waals surface area contributed by atoms with Crippen LogP contribution in [0.1, 0.15) is 62.8 Å². The van der Waals surface area contributed by atoms with E-state index in [0.717, 1.165) is 28.7 Å². The molecule has 282 valence electrons. The van der Waals surface area contributed by atoms with Crippen molar-refractivity contribution in [3.8, 4) is 0 Å². The van der Waals surface area contributed by atoms with Gasteiger partial charge in [-0.25, -0.2) is 0 Å². The van der Waals surface area contributed by atoms with Crippen LogP contribution in [0.2, 0.25) is 0 Å². The second-order valence-electron chi connectivity index (χ2n) is 14.6. The molecule has 0 amide bonds. The summed E-state index contributed by atoms with van der Waals surface area (Å²) in [6, 6.07) is 40.9. The van der Waals surface area contributed by atoms with E-state index in [4.69, 9.17) is 33.2 Å². The van der Waals surface area contributed by atoms with Crippen molar-refractivity contribution in [2.24, 2.45) is 5.92 Å². The average molecular weight is 721 g/mol. The Morgan fingerprint density at radius 2 is 1.04 bits per heavy atom. The first-order chi connectivity index (χ1) is 25.9. The predicted molar refractivity (Wildman–Crippen MR) is 207 cm³/mol. The van der Waals surface area contributed by atoms with Crippen molar-refractivity contribution in [3.63, 3.8) is 0 Å². The molecule has 7 heteroatoms. The van der Waals surface area contributed by atoms with Crippen molar-refractivity contribution in [2.75, 3.05) is 6.61 Å². The molecule has 2 aliphatic heterocycles. The maximum absolute atomic E-state index is 7.03. The Balaban J connectivity index is 1.28. The smallest absolute Gasteiger partial charge is 0.163 e. The summed E-state index contributed by atoms with van der Waals surface area (Å²) in [5.41, 5.74) is 4.34. The first-order valence-electron chi connectivity index (χ1n) is 19.1. The van der Waals surface area contributed by atoms with E-state index >= 15 is 0 Å². The van der Waals surface area contributed by atoms with E-state index in [-0.39, 0.29) is 24.2 Å². The van der Waals surface area contributed by atoms with Gasteiger partial charge in [0, 0.05) is 5.92 Å². The standard InChI is InChI=1S/C46H56O7/c1-5-39-42(53-46(3,4)52-39)34(2)19-18-28-40-43(48-30-36-22-12-7-13-23-36)45(50-32-38-26-16-9-17-27-38)44(49-31-37-24-14-8-15-25-37)41(51-40)33-47-29-35-20-10-6-11-21-35/h6-27,34,39-45H,5,28-33H2,1-4H3/t34-,39+,40+,41?,42-,43?,44-,45-/m0/s1. The minimum absolute atomic E-state index is 0.0273. The summed E-state index contributed by atoms with van der Waals surface area (Å²) in [5.74, 6) is -0.451. The first-order valence-corrected chi connectivity index (χ1v) is 19.1. The van der Waals surface area contributed by atoms with E-state index < -0.39 is 30.2 Å². The Bertz CT molecular complexity index is 1630. The van der Waals surface area contributed by atoms with Crippen molar-refractivity contribution in [1.29, 1.82) is 0 Å². The van der Waals surface area contributed by atoms with E-state index in [1.807, 2.05) is 86.6 Å². The van der Waals surface area contributed by atoms with Crippen LogP contribution in [-0.4, -0.2) is 55.1 Å². The molecular formula is C46H56O7. The van der Waals surface area contributed by atoms with Crippen LogP contribution in [0.5, 0.6) is 0 Å². The highest BCUT2D eigenvalue weighted by Gasteiger charge is 2.48. The quantitative estimate of drug-likeness (QED) is 0.0950. The van der Waals surface area contributed by atoms with Gasteiger partial charge in [0.05, 0.1) is 51.3 Å². The van der Waals surface area contributed by atoms with E-state index in [9.17, 15) is 0 Å². The Labute approximate surface area is 316 Å². The maximum Gasteiger partial charge on any atom is 0.163 e. The Morgan fingerprint density at radius 1 is 0.585 bits per heavy atom. The summed E-state index contributed by atoms with van der Waals surface area (Å²) in [6.45, 7) is 10.4. The van der Waals surface area contributed by atoms with Crippen LogP contribution in [0.25, 0.3) is 0 Å². The number of hydrogen-bond donors (Lipinski definition) is 0.